The van der Waals surface area contributed by atoms with Crippen molar-refractivity contribution in [3.05, 3.63) is 24.0 Å². The van der Waals surface area contributed by atoms with E-state index in [-0.39, 0.29) is 16.6 Å². The van der Waals surface area contributed by atoms with Gasteiger partial charge in [0.05, 0.1) is 10.6 Å². The van der Waals surface area contributed by atoms with Crippen LogP contribution in [0.1, 0.15) is 39.0 Å². The Labute approximate surface area is 135 Å². The summed E-state index contributed by atoms with van der Waals surface area (Å²) in [4.78, 5) is 11.2. The fourth-order valence-electron chi connectivity index (χ4n) is 3.75. The van der Waals surface area contributed by atoms with Gasteiger partial charge in [0.1, 0.15) is 5.82 Å². The highest BCUT2D eigenvalue weighted by molar-refractivity contribution is 7.89. The average molecular weight is 340 g/mol. The summed E-state index contributed by atoms with van der Waals surface area (Å²) in [7, 11) is -3.67. The quantitative estimate of drug-likeness (QED) is 0.920. The third-order valence-electron chi connectivity index (χ3n) is 4.81. The number of carbonyl (C=O) groups is 1. The molecule has 3 rings (SSSR count). The van der Waals surface area contributed by atoms with E-state index in [1.165, 1.54) is 19.1 Å². The molecule has 1 aromatic carbocycles. The maximum atomic E-state index is 13.7. The van der Waals surface area contributed by atoms with Crippen LogP contribution in [0.25, 0.3) is 0 Å². The molecule has 1 saturated carbocycles. The lowest BCUT2D eigenvalue weighted by Crippen LogP contribution is -2.39. The van der Waals surface area contributed by atoms with E-state index in [4.69, 9.17) is 0 Å². The van der Waals surface area contributed by atoms with Crippen molar-refractivity contribution in [3.8, 4) is 0 Å². The molecule has 1 aliphatic carbocycles. The minimum atomic E-state index is -3.67. The van der Waals surface area contributed by atoms with Crippen molar-refractivity contribution in [1.29, 1.82) is 0 Å². The third kappa shape index (κ3) is 3.12. The zero-order valence-corrected chi connectivity index (χ0v) is 13.9. The molecule has 2 atom stereocenters. The number of halogens is 1. The highest BCUT2D eigenvalue weighted by atomic mass is 32.2. The minimum absolute atomic E-state index is 0.0360. The second-order valence-electron chi connectivity index (χ2n) is 6.34. The van der Waals surface area contributed by atoms with Crippen LogP contribution in [0.2, 0.25) is 0 Å². The van der Waals surface area contributed by atoms with E-state index in [1.54, 1.807) is 4.31 Å². The number of benzene rings is 1. The van der Waals surface area contributed by atoms with E-state index in [2.05, 4.69) is 5.32 Å². The molecule has 0 spiro atoms. The summed E-state index contributed by atoms with van der Waals surface area (Å²) in [5, 5.41) is 2.34. The van der Waals surface area contributed by atoms with E-state index in [1.807, 2.05) is 0 Å². The predicted octanol–water partition coefficient (Wildman–Crippen LogP) is 2.74. The molecule has 1 saturated heterocycles. The maximum absolute atomic E-state index is 13.7. The first-order valence-electron chi connectivity index (χ1n) is 7.98. The molecule has 1 amide bonds. The molecule has 2 fully saturated rings. The Kier molecular flexibility index (Phi) is 4.42. The number of amides is 1. The van der Waals surface area contributed by atoms with Crippen LogP contribution in [-0.2, 0) is 14.8 Å². The number of fused-ring (bicyclic) bond motifs is 1. The molecule has 23 heavy (non-hydrogen) atoms. The Bertz CT molecular complexity index is 720. The Hall–Kier alpha value is -1.47. The molecule has 1 N–H and O–H groups in total. The van der Waals surface area contributed by atoms with Crippen LogP contribution in [-0.4, -0.2) is 31.2 Å². The molecule has 0 unspecified atom stereocenters. The van der Waals surface area contributed by atoms with Gasteiger partial charge in [0, 0.05) is 19.5 Å². The molecule has 1 heterocycles. The average Bonchev–Trinajstić information content (AvgIpc) is 2.93. The van der Waals surface area contributed by atoms with Gasteiger partial charge in [-0.1, -0.05) is 12.8 Å². The number of sulfonamides is 1. The van der Waals surface area contributed by atoms with E-state index < -0.39 is 21.7 Å². The van der Waals surface area contributed by atoms with Crippen molar-refractivity contribution < 1.29 is 17.6 Å². The first kappa shape index (κ1) is 16.4. The number of hydrogen-bond donors (Lipinski definition) is 1. The summed E-state index contributed by atoms with van der Waals surface area (Å²) in [5.74, 6) is -0.642. The predicted molar refractivity (Wildman–Crippen MR) is 85.0 cm³/mol. The molecule has 7 heteroatoms. The van der Waals surface area contributed by atoms with Crippen LogP contribution < -0.4 is 5.32 Å². The van der Waals surface area contributed by atoms with Crippen LogP contribution in [0.4, 0.5) is 10.1 Å². The second kappa shape index (κ2) is 6.20. The summed E-state index contributed by atoms with van der Waals surface area (Å²) in [6.07, 6.45) is 5.08. The van der Waals surface area contributed by atoms with E-state index >= 15 is 0 Å². The fraction of sp³-hybridized carbons (Fsp3) is 0.562. The summed E-state index contributed by atoms with van der Waals surface area (Å²) in [5.41, 5.74) is -0.0991. The van der Waals surface area contributed by atoms with Crippen LogP contribution in [0, 0.1) is 11.7 Å². The fourth-order valence-corrected chi connectivity index (χ4v) is 5.50. The number of hydrogen-bond acceptors (Lipinski definition) is 3. The number of nitrogens with zero attached hydrogens (tertiary/aromatic N) is 1. The lowest BCUT2D eigenvalue weighted by molar-refractivity contribution is -0.114. The van der Waals surface area contributed by atoms with Gasteiger partial charge < -0.3 is 5.32 Å². The van der Waals surface area contributed by atoms with Crippen LogP contribution in [0.5, 0.6) is 0 Å². The standard InChI is InChI=1S/C16H21FN2O3S/c1-11(20)18-15-10-13(6-7-14(15)17)23(21,22)19-9-8-12-4-2-3-5-16(12)19/h6-7,10,12,16H,2-5,8-9H2,1H3,(H,18,20)/t12-,16-/m1/s1. The molecule has 0 aromatic heterocycles. The van der Waals surface area contributed by atoms with Crippen molar-refractivity contribution in [2.45, 2.75) is 50.0 Å². The van der Waals surface area contributed by atoms with Gasteiger partial charge >= 0.3 is 0 Å². The van der Waals surface area contributed by atoms with Gasteiger partial charge in [0.2, 0.25) is 15.9 Å². The topological polar surface area (TPSA) is 66.5 Å². The summed E-state index contributed by atoms with van der Waals surface area (Å²) in [6, 6.07) is 3.63. The van der Waals surface area contributed by atoms with Crippen molar-refractivity contribution in [2.24, 2.45) is 5.92 Å². The maximum Gasteiger partial charge on any atom is 0.243 e. The smallest absolute Gasteiger partial charge is 0.243 e. The van der Waals surface area contributed by atoms with Gasteiger partial charge in [-0.2, -0.15) is 4.31 Å². The summed E-state index contributed by atoms with van der Waals surface area (Å²) >= 11 is 0. The van der Waals surface area contributed by atoms with E-state index in [9.17, 15) is 17.6 Å². The lowest BCUT2D eigenvalue weighted by Gasteiger charge is -2.31. The van der Waals surface area contributed by atoms with Gasteiger partial charge in [-0.05, 0) is 43.4 Å². The van der Waals surface area contributed by atoms with Crippen LogP contribution in [0.15, 0.2) is 23.1 Å². The summed E-state index contributed by atoms with van der Waals surface area (Å²) in [6.45, 7) is 1.78. The molecule has 0 radical (unpaired) electrons. The van der Waals surface area contributed by atoms with Gasteiger partial charge in [-0.25, -0.2) is 12.8 Å². The van der Waals surface area contributed by atoms with Gasteiger partial charge in [0.25, 0.3) is 0 Å². The van der Waals surface area contributed by atoms with E-state index in [0.717, 1.165) is 38.2 Å². The molecule has 2 aliphatic rings. The first-order valence-corrected chi connectivity index (χ1v) is 9.42. The molecule has 1 aliphatic heterocycles. The van der Waals surface area contributed by atoms with E-state index in [0.29, 0.717) is 12.5 Å². The van der Waals surface area contributed by atoms with Crippen molar-refractivity contribution >= 4 is 21.6 Å². The minimum Gasteiger partial charge on any atom is -0.324 e. The lowest BCUT2D eigenvalue weighted by atomic mass is 9.86. The molecular formula is C16H21FN2O3S. The van der Waals surface area contributed by atoms with Crippen LogP contribution >= 0.6 is 0 Å². The normalized spacial score (nSPS) is 25.1. The molecule has 5 nitrogen and oxygen atoms in total. The van der Waals surface area contributed by atoms with Crippen LogP contribution in [0.3, 0.4) is 0 Å². The second-order valence-corrected chi connectivity index (χ2v) is 8.23. The highest BCUT2D eigenvalue weighted by Crippen LogP contribution is 2.39. The SMILES string of the molecule is CC(=O)Nc1cc(S(=O)(=O)N2CC[C@H]3CCCC[C@H]32)ccc1F. The molecular weight excluding hydrogens is 319 g/mol. The zero-order valence-electron chi connectivity index (χ0n) is 13.1. The Morgan fingerprint density at radius 2 is 2.00 bits per heavy atom. The number of carbonyl (C=O) groups excluding carboxylic acids is 1. The third-order valence-corrected chi connectivity index (χ3v) is 6.73. The monoisotopic (exact) mass is 340 g/mol. The van der Waals surface area contributed by atoms with Gasteiger partial charge in [-0.3, -0.25) is 4.79 Å². The number of rotatable bonds is 3. The molecule has 0 bridgehead atoms. The first-order chi connectivity index (χ1) is 10.9. The molecule has 1 aromatic rings. The number of anilines is 1. The largest absolute Gasteiger partial charge is 0.324 e. The highest BCUT2D eigenvalue weighted by Gasteiger charge is 2.42. The Morgan fingerprint density at radius 3 is 2.74 bits per heavy atom. The molecule has 126 valence electrons. The Balaban J connectivity index is 1.92. The summed E-state index contributed by atoms with van der Waals surface area (Å²) < 4.78 is 41.2. The zero-order chi connectivity index (χ0) is 16.6. The number of nitrogens with one attached hydrogen (secondary N) is 1. The van der Waals surface area contributed by atoms with Crippen molar-refractivity contribution in [1.82, 2.24) is 4.31 Å². The van der Waals surface area contributed by atoms with Crippen molar-refractivity contribution in [2.75, 3.05) is 11.9 Å². The van der Waals surface area contributed by atoms with Gasteiger partial charge in [-0.15, -0.1) is 0 Å². The Morgan fingerprint density at radius 1 is 1.26 bits per heavy atom. The van der Waals surface area contributed by atoms with Gasteiger partial charge in [0.15, 0.2) is 0 Å². The van der Waals surface area contributed by atoms with Crippen molar-refractivity contribution in [3.63, 3.8) is 0 Å².